The lowest BCUT2D eigenvalue weighted by Gasteiger charge is -2.22. The van der Waals surface area contributed by atoms with Gasteiger partial charge in [-0.05, 0) is 62.4 Å². The van der Waals surface area contributed by atoms with Gasteiger partial charge in [-0.1, -0.05) is 31.5 Å². The number of aliphatic hydroxyl groups is 1. The van der Waals surface area contributed by atoms with E-state index in [1.54, 1.807) is 0 Å². The molecule has 1 unspecified atom stereocenters. The molecule has 1 atom stereocenters. The zero-order chi connectivity index (χ0) is 13.7. The Morgan fingerprint density at radius 3 is 2.68 bits per heavy atom. The molecule has 2 rings (SSSR count). The van der Waals surface area contributed by atoms with Gasteiger partial charge in [0.25, 0.3) is 0 Å². The van der Waals surface area contributed by atoms with Gasteiger partial charge in [0.1, 0.15) is 0 Å². The van der Waals surface area contributed by atoms with E-state index in [2.05, 4.69) is 37.1 Å². The second-order valence-corrected chi connectivity index (χ2v) is 5.87. The number of hydrogen-bond acceptors (Lipinski definition) is 2. The molecule has 1 aliphatic carbocycles. The SMILES string of the molecule is CCCCN(C)CC(O)c1ccc2c(c1)CCCC2. The highest BCUT2D eigenvalue weighted by Crippen LogP contribution is 2.25. The summed E-state index contributed by atoms with van der Waals surface area (Å²) in [6, 6.07) is 6.56. The summed E-state index contributed by atoms with van der Waals surface area (Å²) < 4.78 is 0. The van der Waals surface area contributed by atoms with Crippen LogP contribution >= 0.6 is 0 Å². The van der Waals surface area contributed by atoms with Gasteiger partial charge in [-0.2, -0.15) is 0 Å². The van der Waals surface area contributed by atoms with Gasteiger partial charge in [-0.15, -0.1) is 0 Å². The van der Waals surface area contributed by atoms with Gasteiger partial charge in [0.05, 0.1) is 6.10 Å². The Labute approximate surface area is 117 Å². The molecule has 0 amide bonds. The van der Waals surface area contributed by atoms with Crippen LogP contribution < -0.4 is 0 Å². The normalized spacial score (nSPS) is 16.4. The van der Waals surface area contributed by atoms with Crippen molar-refractivity contribution in [2.45, 2.75) is 51.6 Å². The molecule has 0 spiro atoms. The van der Waals surface area contributed by atoms with Crippen molar-refractivity contribution in [3.63, 3.8) is 0 Å². The molecule has 0 radical (unpaired) electrons. The number of unbranched alkanes of at least 4 members (excludes halogenated alkanes) is 1. The molecule has 1 N–H and O–H groups in total. The molecule has 106 valence electrons. The molecule has 1 aromatic rings. The summed E-state index contributed by atoms with van der Waals surface area (Å²) in [5, 5.41) is 10.4. The molecule has 0 bridgehead atoms. The highest BCUT2D eigenvalue weighted by molar-refractivity contribution is 5.34. The van der Waals surface area contributed by atoms with Gasteiger partial charge in [-0.25, -0.2) is 0 Å². The molecule has 2 heteroatoms. The Hall–Kier alpha value is -0.860. The fourth-order valence-electron chi connectivity index (χ4n) is 2.88. The summed E-state index contributed by atoms with van der Waals surface area (Å²) in [6.07, 6.45) is 7.06. The fourth-order valence-corrected chi connectivity index (χ4v) is 2.88. The molecule has 2 nitrogen and oxygen atoms in total. The van der Waals surface area contributed by atoms with Crippen LogP contribution in [0.5, 0.6) is 0 Å². The maximum Gasteiger partial charge on any atom is 0.0916 e. The summed E-state index contributed by atoms with van der Waals surface area (Å²) in [5.74, 6) is 0. The van der Waals surface area contributed by atoms with Crippen LogP contribution in [0.25, 0.3) is 0 Å². The van der Waals surface area contributed by atoms with Crippen molar-refractivity contribution < 1.29 is 5.11 Å². The number of aliphatic hydroxyl groups excluding tert-OH is 1. The Kier molecular flexibility index (Phi) is 5.41. The molecule has 0 saturated heterocycles. The Bertz CT molecular complexity index is 402. The zero-order valence-electron chi connectivity index (χ0n) is 12.4. The quantitative estimate of drug-likeness (QED) is 0.849. The molecule has 0 aliphatic heterocycles. The molecule has 0 aromatic heterocycles. The minimum atomic E-state index is -0.353. The fraction of sp³-hybridized carbons (Fsp3) is 0.647. The lowest BCUT2D eigenvalue weighted by atomic mass is 9.89. The molecular formula is C17H27NO. The number of benzene rings is 1. The summed E-state index contributed by atoms with van der Waals surface area (Å²) in [7, 11) is 2.09. The van der Waals surface area contributed by atoms with Gasteiger partial charge in [0.15, 0.2) is 0 Å². The first-order chi connectivity index (χ1) is 9.20. The summed E-state index contributed by atoms with van der Waals surface area (Å²) >= 11 is 0. The van der Waals surface area contributed by atoms with Crippen molar-refractivity contribution in [1.82, 2.24) is 4.90 Å². The van der Waals surface area contributed by atoms with Gasteiger partial charge in [0, 0.05) is 6.54 Å². The first kappa shape index (κ1) is 14.5. The topological polar surface area (TPSA) is 23.5 Å². The predicted octanol–water partition coefficient (Wildman–Crippen LogP) is 3.33. The number of likely N-dealkylation sites (N-methyl/N-ethyl adjacent to an activating group) is 1. The number of aryl methyl sites for hydroxylation is 2. The molecule has 19 heavy (non-hydrogen) atoms. The number of rotatable bonds is 6. The van der Waals surface area contributed by atoms with Gasteiger partial charge in [0.2, 0.25) is 0 Å². The first-order valence-corrected chi connectivity index (χ1v) is 7.69. The number of hydrogen-bond donors (Lipinski definition) is 1. The lowest BCUT2D eigenvalue weighted by Crippen LogP contribution is -2.25. The molecule has 1 aliphatic rings. The van der Waals surface area contributed by atoms with Crippen LogP contribution in [0.4, 0.5) is 0 Å². The van der Waals surface area contributed by atoms with Crippen molar-refractivity contribution in [1.29, 1.82) is 0 Å². The van der Waals surface area contributed by atoms with E-state index in [1.807, 2.05) is 0 Å². The summed E-state index contributed by atoms with van der Waals surface area (Å²) in [6.45, 7) is 4.00. The maximum atomic E-state index is 10.4. The zero-order valence-corrected chi connectivity index (χ0v) is 12.4. The van der Waals surface area contributed by atoms with Crippen molar-refractivity contribution in [3.05, 3.63) is 34.9 Å². The minimum absolute atomic E-state index is 0.353. The van der Waals surface area contributed by atoms with E-state index >= 15 is 0 Å². The van der Waals surface area contributed by atoms with Crippen LogP contribution in [0.2, 0.25) is 0 Å². The maximum absolute atomic E-state index is 10.4. The monoisotopic (exact) mass is 261 g/mol. The van der Waals surface area contributed by atoms with Gasteiger partial charge >= 0.3 is 0 Å². The van der Waals surface area contributed by atoms with E-state index < -0.39 is 0 Å². The largest absolute Gasteiger partial charge is 0.387 e. The van der Waals surface area contributed by atoms with E-state index in [4.69, 9.17) is 0 Å². The Morgan fingerprint density at radius 1 is 1.21 bits per heavy atom. The van der Waals surface area contributed by atoms with Gasteiger partial charge < -0.3 is 10.0 Å². The van der Waals surface area contributed by atoms with E-state index in [0.717, 1.165) is 18.7 Å². The molecule has 1 aromatic carbocycles. The Balaban J connectivity index is 1.97. The second kappa shape index (κ2) is 7.06. The van der Waals surface area contributed by atoms with Crippen molar-refractivity contribution in [2.24, 2.45) is 0 Å². The minimum Gasteiger partial charge on any atom is -0.387 e. The molecule has 0 saturated carbocycles. The van der Waals surface area contributed by atoms with Crippen LogP contribution in [-0.4, -0.2) is 30.1 Å². The third-order valence-electron chi connectivity index (χ3n) is 4.14. The van der Waals surface area contributed by atoms with E-state index in [1.165, 1.54) is 49.7 Å². The average Bonchev–Trinajstić information content (AvgIpc) is 2.44. The first-order valence-electron chi connectivity index (χ1n) is 7.69. The molecular weight excluding hydrogens is 234 g/mol. The van der Waals surface area contributed by atoms with Crippen LogP contribution in [-0.2, 0) is 12.8 Å². The van der Waals surface area contributed by atoms with Crippen molar-refractivity contribution >= 4 is 0 Å². The lowest BCUT2D eigenvalue weighted by molar-refractivity contribution is 0.126. The Morgan fingerprint density at radius 2 is 1.95 bits per heavy atom. The van der Waals surface area contributed by atoms with E-state index in [-0.39, 0.29) is 6.10 Å². The van der Waals surface area contributed by atoms with E-state index in [9.17, 15) is 5.11 Å². The molecule has 0 fully saturated rings. The predicted molar refractivity (Wildman–Crippen MR) is 80.4 cm³/mol. The van der Waals surface area contributed by atoms with Gasteiger partial charge in [-0.3, -0.25) is 0 Å². The summed E-state index contributed by atoms with van der Waals surface area (Å²) in [5.41, 5.74) is 4.03. The molecule has 0 heterocycles. The van der Waals surface area contributed by atoms with Crippen LogP contribution in [0, 0.1) is 0 Å². The standard InChI is InChI=1S/C17H27NO/c1-3-4-11-18(2)13-17(19)16-10-9-14-7-5-6-8-15(14)12-16/h9-10,12,17,19H,3-8,11,13H2,1-2H3. The highest BCUT2D eigenvalue weighted by atomic mass is 16.3. The van der Waals surface area contributed by atoms with Crippen LogP contribution in [0.15, 0.2) is 18.2 Å². The smallest absolute Gasteiger partial charge is 0.0916 e. The highest BCUT2D eigenvalue weighted by Gasteiger charge is 2.14. The van der Waals surface area contributed by atoms with Crippen LogP contribution in [0.1, 0.15) is 55.4 Å². The second-order valence-electron chi connectivity index (χ2n) is 5.87. The third kappa shape index (κ3) is 4.05. The summed E-state index contributed by atoms with van der Waals surface area (Å²) in [4.78, 5) is 2.23. The van der Waals surface area contributed by atoms with E-state index in [0.29, 0.717) is 0 Å². The average molecular weight is 261 g/mol. The van der Waals surface area contributed by atoms with Crippen molar-refractivity contribution in [2.75, 3.05) is 20.1 Å². The van der Waals surface area contributed by atoms with Crippen LogP contribution in [0.3, 0.4) is 0 Å². The third-order valence-corrected chi connectivity index (χ3v) is 4.14. The number of nitrogens with zero attached hydrogens (tertiary/aromatic N) is 1. The van der Waals surface area contributed by atoms with Crippen molar-refractivity contribution in [3.8, 4) is 0 Å². The number of fused-ring (bicyclic) bond motifs is 1.